The molecule has 5 rings (SSSR count). The Kier molecular flexibility index (Phi) is 3.45. The Morgan fingerprint density at radius 2 is 1.72 bits per heavy atom. The molecule has 2 aromatic heterocycles. The minimum atomic E-state index is 0.949. The summed E-state index contributed by atoms with van der Waals surface area (Å²) in [5.74, 6) is 0. The molecule has 3 nitrogen and oxygen atoms in total. The predicted molar refractivity (Wildman–Crippen MR) is 104 cm³/mol. The molecule has 0 saturated carbocycles. The molecule has 122 valence electrons. The van der Waals surface area contributed by atoms with Gasteiger partial charge in [0.05, 0.1) is 5.69 Å². The molecular formula is C21H16BrN3. The molecule has 0 saturated heterocycles. The largest absolute Gasteiger partial charge is 0.233 e. The van der Waals surface area contributed by atoms with Crippen molar-refractivity contribution >= 4 is 27.0 Å². The van der Waals surface area contributed by atoms with Crippen LogP contribution in [0.25, 0.3) is 28.0 Å². The van der Waals surface area contributed by atoms with Gasteiger partial charge in [-0.1, -0.05) is 46.3 Å². The Bertz CT molecular complexity index is 1070. The van der Waals surface area contributed by atoms with Crippen molar-refractivity contribution < 1.29 is 0 Å². The maximum atomic E-state index is 4.99. The summed E-state index contributed by atoms with van der Waals surface area (Å²) in [6, 6.07) is 20.9. The van der Waals surface area contributed by atoms with Gasteiger partial charge in [0.25, 0.3) is 0 Å². The Morgan fingerprint density at radius 3 is 2.52 bits per heavy atom. The van der Waals surface area contributed by atoms with Gasteiger partial charge < -0.3 is 0 Å². The second kappa shape index (κ2) is 5.81. The van der Waals surface area contributed by atoms with Gasteiger partial charge in [-0.15, -0.1) is 0 Å². The molecule has 2 heterocycles. The van der Waals surface area contributed by atoms with E-state index >= 15 is 0 Å². The first-order valence-corrected chi connectivity index (χ1v) is 9.32. The first-order chi connectivity index (χ1) is 12.3. The van der Waals surface area contributed by atoms with Crippen LogP contribution < -0.4 is 0 Å². The lowest BCUT2D eigenvalue weighted by molar-refractivity contribution is 0.880. The van der Waals surface area contributed by atoms with Crippen molar-refractivity contribution in [1.82, 2.24) is 14.8 Å². The molecule has 4 aromatic rings. The molecule has 0 amide bonds. The molecule has 0 unspecified atom stereocenters. The lowest BCUT2D eigenvalue weighted by Crippen LogP contribution is -1.99. The first kappa shape index (κ1) is 14.8. The van der Waals surface area contributed by atoms with Crippen molar-refractivity contribution in [2.45, 2.75) is 19.3 Å². The van der Waals surface area contributed by atoms with E-state index in [1.54, 1.807) is 0 Å². The average molecular weight is 390 g/mol. The van der Waals surface area contributed by atoms with Crippen LogP contribution in [0.1, 0.15) is 17.7 Å². The van der Waals surface area contributed by atoms with E-state index in [-0.39, 0.29) is 0 Å². The van der Waals surface area contributed by atoms with E-state index in [2.05, 4.69) is 58.4 Å². The lowest BCUT2D eigenvalue weighted by atomic mass is 10.1. The molecule has 0 bridgehead atoms. The van der Waals surface area contributed by atoms with Crippen molar-refractivity contribution in [3.05, 3.63) is 76.4 Å². The van der Waals surface area contributed by atoms with Crippen molar-refractivity contribution in [2.75, 3.05) is 0 Å². The average Bonchev–Trinajstić information content (AvgIpc) is 3.25. The number of hydrogen-bond acceptors (Lipinski definition) is 2. The van der Waals surface area contributed by atoms with Crippen LogP contribution in [0.2, 0.25) is 0 Å². The van der Waals surface area contributed by atoms with E-state index in [9.17, 15) is 0 Å². The van der Waals surface area contributed by atoms with Gasteiger partial charge in [-0.25, -0.2) is 9.67 Å². The van der Waals surface area contributed by atoms with Gasteiger partial charge in [0.2, 0.25) is 0 Å². The number of rotatable bonds is 2. The Hall–Kier alpha value is -2.46. The van der Waals surface area contributed by atoms with E-state index in [0.717, 1.165) is 45.3 Å². The highest BCUT2D eigenvalue weighted by Crippen LogP contribution is 2.33. The van der Waals surface area contributed by atoms with Gasteiger partial charge in [-0.2, -0.15) is 5.10 Å². The van der Waals surface area contributed by atoms with Crippen LogP contribution in [0.3, 0.4) is 0 Å². The van der Waals surface area contributed by atoms with Gasteiger partial charge >= 0.3 is 0 Å². The second-order valence-corrected chi connectivity index (χ2v) is 7.34. The fourth-order valence-electron chi connectivity index (χ4n) is 3.57. The summed E-state index contributed by atoms with van der Waals surface area (Å²) in [4.78, 5) is 4.99. The van der Waals surface area contributed by atoms with Crippen LogP contribution in [0.15, 0.2) is 65.1 Å². The highest BCUT2D eigenvalue weighted by Gasteiger charge is 2.20. The standard InChI is InChI=1S/C21H16BrN3/c22-16-11-9-14(10-12-16)20-18-13-15-5-4-8-19(15)23-21(18)25(24-20)17-6-2-1-3-7-17/h1-3,6-7,9-13H,4-5,8H2. The summed E-state index contributed by atoms with van der Waals surface area (Å²) >= 11 is 3.51. The first-order valence-electron chi connectivity index (χ1n) is 8.52. The van der Waals surface area contributed by atoms with Crippen molar-refractivity contribution in [1.29, 1.82) is 0 Å². The zero-order valence-electron chi connectivity index (χ0n) is 13.6. The second-order valence-electron chi connectivity index (χ2n) is 6.42. The summed E-state index contributed by atoms with van der Waals surface area (Å²) in [5.41, 5.74) is 6.70. The van der Waals surface area contributed by atoms with E-state index in [0.29, 0.717) is 0 Å². The predicted octanol–water partition coefficient (Wildman–Crippen LogP) is 5.34. The van der Waals surface area contributed by atoms with Crippen molar-refractivity contribution in [3.8, 4) is 16.9 Å². The molecular weight excluding hydrogens is 374 g/mol. The number of benzene rings is 2. The number of para-hydroxylation sites is 1. The minimum Gasteiger partial charge on any atom is -0.233 e. The number of nitrogens with zero attached hydrogens (tertiary/aromatic N) is 3. The van der Waals surface area contributed by atoms with E-state index < -0.39 is 0 Å². The van der Waals surface area contributed by atoms with Crippen LogP contribution in [0.5, 0.6) is 0 Å². The number of hydrogen-bond donors (Lipinski definition) is 0. The highest BCUT2D eigenvalue weighted by atomic mass is 79.9. The molecule has 4 heteroatoms. The number of halogens is 1. The lowest BCUT2D eigenvalue weighted by Gasteiger charge is -2.04. The maximum absolute atomic E-state index is 4.99. The topological polar surface area (TPSA) is 30.7 Å². The zero-order chi connectivity index (χ0) is 16.8. The van der Waals surface area contributed by atoms with E-state index in [1.807, 2.05) is 22.9 Å². The van der Waals surface area contributed by atoms with Gasteiger partial charge in [-0.3, -0.25) is 0 Å². The molecule has 0 N–H and O–H groups in total. The van der Waals surface area contributed by atoms with E-state index in [4.69, 9.17) is 10.1 Å². The fourth-order valence-corrected chi connectivity index (χ4v) is 3.83. The van der Waals surface area contributed by atoms with Gasteiger partial charge in [0.15, 0.2) is 5.65 Å². The van der Waals surface area contributed by atoms with Gasteiger partial charge in [0, 0.05) is 21.1 Å². The maximum Gasteiger partial charge on any atom is 0.163 e. The monoisotopic (exact) mass is 389 g/mol. The van der Waals surface area contributed by atoms with Crippen molar-refractivity contribution in [3.63, 3.8) is 0 Å². The Balaban J connectivity index is 1.81. The number of aryl methyl sites for hydroxylation is 2. The summed E-state index contributed by atoms with van der Waals surface area (Å²) in [6.45, 7) is 0. The van der Waals surface area contributed by atoms with Gasteiger partial charge in [0.1, 0.15) is 5.69 Å². The molecule has 1 aliphatic rings. The summed E-state index contributed by atoms with van der Waals surface area (Å²) in [5, 5.41) is 6.07. The molecule has 0 aliphatic heterocycles. The molecule has 2 aromatic carbocycles. The van der Waals surface area contributed by atoms with Crippen LogP contribution >= 0.6 is 15.9 Å². The van der Waals surface area contributed by atoms with Gasteiger partial charge in [-0.05, 0) is 55.2 Å². The third-order valence-corrected chi connectivity index (χ3v) is 5.33. The van der Waals surface area contributed by atoms with Crippen LogP contribution in [0.4, 0.5) is 0 Å². The summed E-state index contributed by atoms with van der Waals surface area (Å²) < 4.78 is 3.05. The SMILES string of the molecule is Brc1ccc(-c2nn(-c3ccccc3)c3nc4c(cc23)CCC4)cc1. The molecule has 0 radical (unpaired) electrons. The van der Waals surface area contributed by atoms with Crippen molar-refractivity contribution in [2.24, 2.45) is 0 Å². The normalized spacial score (nSPS) is 13.3. The smallest absolute Gasteiger partial charge is 0.163 e. The van der Waals surface area contributed by atoms with Crippen LogP contribution in [-0.2, 0) is 12.8 Å². The highest BCUT2D eigenvalue weighted by molar-refractivity contribution is 9.10. The third-order valence-electron chi connectivity index (χ3n) is 4.80. The number of fused-ring (bicyclic) bond motifs is 2. The summed E-state index contributed by atoms with van der Waals surface area (Å²) in [6.07, 6.45) is 3.38. The van der Waals surface area contributed by atoms with Crippen LogP contribution in [0, 0.1) is 0 Å². The quantitative estimate of drug-likeness (QED) is 0.463. The third kappa shape index (κ3) is 2.48. The molecule has 0 atom stereocenters. The molecule has 0 fully saturated rings. The Morgan fingerprint density at radius 1 is 0.920 bits per heavy atom. The Labute approximate surface area is 154 Å². The minimum absolute atomic E-state index is 0.949. The number of aromatic nitrogens is 3. The van der Waals surface area contributed by atoms with Crippen LogP contribution in [-0.4, -0.2) is 14.8 Å². The molecule has 25 heavy (non-hydrogen) atoms. The van der Waals surface area contributed by atoms with E-state index in [1.165, 1.54) is 17.7 Å². The summed E-state index contributed by atoms with van der Waals surface area (Å²) in [7, 11) is 0. The molecule has 1 aliphatic carbocycles. The molecule has 0 spiro atoms. The number of pyridine rings is 1. The zero-order valence-corrected chi connectivity index (χ0v) is 15.2. The fraction of sp³-hybridized carbons (Fsp3) is 0.143.